The number of hydrogen-bond donors (Lipinski definition) is 1. The lowest BCUT2D eigenvalue weighted by molar-refractivity contribution is 0.476. The van der Waals surface area contributed by atoms with Gasteiger partial charge in [0.25, 0.3) is 0 Å². The summed E-state index contributed by atoms with van der Waals surface area (Å²) in [6.45, 7) is 1.42. The number of thiazole rings is 1. The summed E-state index contributed by atoms with van der Waals surface area (Å²) in [6, 6.07) is 7.85. The molecule has 24 heavy (non-hydrogen) atoms. The molecule has 0 aliphatic carbocycles. The second-order valence-electron chi connectivity index (χ2n) is 5.40. The van der Waals surface area contributed by atoms with E-state index in [4.69, 9.17) is 11.6 Å². The van der Waals surface area contributed by atoms with Gasteiger partial charge in [0.05, 0.1) is 12.2 Å². The molecule has 0 amide bonds. The van der Waals surface area contributed by atoms with E-state index in [9.17, 15) is 0 Å². The highest BCUT2D eigenvalue weighted by molar-refractivity contribution is 14.0. The predicted octanol–water partition coefficient (Wildman–Crippen LogP) is 3.69. The van der Waals surface area contributed by atoms with E-state index < -0.39 is 0 Å². The molecule has 132 valence electrons. The van der Waals surface area contributed by atoms with Crippen molar-refractivity contribution in [1.29, 1.82) is 0 Å². The van der Waals surface area contributed by atoms with Crippen LogP contribution in [0.2, 0.25) is 5.02 Å². The lowest BCUT2D eigenvalue weighted by Crippen LogP contribution is -2.38. The minimum absolute atomic E-state index is 0. The van der Waals surface area contributed by atoms with Gasteiger partial charge in [0.1, 0.15) is 0 Å². The van der Waals surface area contributed by atoms with Crippen molar-refractivity contribution in [3.63, 3.8) is 0 Å². The van der Waals surface area contributed by atoms with Gasteiger partial charge in [0.15, 0.2) is 11.1 Å². The SMILES string of the molecule is CN=C(NCc1csc(N(C)C)n1)N(C)Cc1ccc(Cl)cc1.I. The molecule has 0 aliphatic heterocycles. The van der Waals surface area contributed by atoms with Crippen molar-refractivity contribution in [1.82, 2.24) is 15.2 Å². The summed E-state index contributed by atoms with van der Waals surface area (Å²) in [6.07, 6.45) is 0. The zero-order chi connectivity index (χ0) is 16.8. The van der Waals surface area contributed by atoms with Gasteiger partial charge in [0, 0.05) is 45.1 Å². The first-order valence-corrected chi connectivity index (χ1v) is 8.53. The predicted molar refractivity (Wildman–Crippen MR) is 115 cm³/mol. The average Bonchev–Trinajstić information content (AvgIpc) is 2.99. The number of guanidine groups is 1. The summed E-state index contributed by atoms with van der Waals surface area (Å²) < 4.78 is 0. The Hall–Kier alpha value is -1.06. The van der Waals surface area contributed by atoms with Crippen LogP contribution < -0.4 is 10.2 Å². The summed E-state index contributed by atoms with van der Waals surface area (Å²) in [4.78, 5) is 13.0. The number of anilines is 1. The molecule has 5 nitrogen and oxygen atoms in total. The van der Waals surface area contributed by atoms with Crippen molar-refractivity contribution in [2.75, 3.05) is 33.1 Å². The Morgan fingerprint density at radius 2 is 1.92 bits per heavy atom. The Morgan fingerprint density at radius 3 is 2.46 bits per heavy atom. The van der Waals surface area contributed by atoms with Crippen LogP contribution in [0.4, 0.5) is 5.13 Å². The maximum absolute atomic E-state index is 5.92. The van der Waals surface area contributed by atoms with Crippen LogP contribution in [0.15, 0.2) is 34.6 Å². The number of nitrogens with one attached hydrogen (secondary N) is 1. The van der Waals surface area contributed by atoms with Gasteiger partial charge in [-0.15, -0.1) is 35.3 Å². The van der Waals surface area contributed by atoms with Crippen molar-refractivity contribution in [2.24, 2.45) is 4.99 Å². The summed E-state index contributed by atoms with van der Waals surface area (Å²) in [5.74, 6) is 0.833. The molecule has 0 aliphatic rings. The smallest absolute Gasteiger partial charge is 0.194 e. The second-order valence-corrected chi connectivity index (χ2v) is 6.67. The van der Waals surface area contributed by atoms with E-state index in [1.165, 1.54) is 5.56 Å². The highest BCUT2D eigenvalue weighted by Crippen LogP contribution is 2.17. The molecule has 0 saturated carbocycles. The second kappa shape index (κ2) is 10.0. The maximum atomic E-state index is 5.92. The Balaban J connectivity index is 0.00000288. The van der Waals surface area contributed by atoms with Crippen LogP contribution in [0.5, 0.6) is 0 Å². The third-order valence-electron chi connectivity index (χ3n) is 3.26. The van der Waals surface area contributed by atoms with Gasteiger partial charge in [-0.05, 0) is 17.7 Å². The van der Waals surface area contributed by atoms with E-state index >= 15 is 0 Å². The summed E-state index contributed by atoms with van der Waals surface area (Å²) >= 11 is 7.56. The number of aliphatic imine (C=N–C) groups is 1. The number of nitrogens with zero attached hydrogens (tertiary/aromatic N) is 4. The van der Waals surface area contributed by atoms with E-state index in [1.807, 2.05) is 50.3 Å². The van der Waals surface area contributed by atoms with E-state index in [0.717, 1.165) is 28.4 Å². The molecule has 1 N–H and O–H groups in total. The van der Waals surface area contributed by atoms with E-state index in [1.54, 1.807) is 18.4 Å². The number of hydrogen-bond acceptors (Lipinski definition) is 4. The third kappa shape index (κ3) is 6.10. The van der Waals surface area contributed by atoms with Gasteiger partial charge in [-0.25, -0.2) is 4.98 Å². The molecule has 1 aromatic heterocycles. The van der Waals surface area contributed by atoms with Crippen molar-refractivity contribution in [2.45, 2.75) is 13.1 Å². The standard InChI is InChI=1S/C16H22ClN5S.HI/c1-18-15(19-9-14-11-23-16(20-14)21(2)3)22(4)10-12-5-7-13(17)8-6-12;/h5-8,11H,9-10H2,1-4H3,(H,18,19);1H. The molecule has 0 fully saturated rings. The lowest BCUT2D eigenvalue weighted by atomic mass is 10.2. The van der Waals surface area contributed by atoms with Gasteiger partial charge < -0.3 is 15.1 Å². The van der Waals surface area contributed by atoms with Crippen LogP contribution in [-0.2, 0) is 13.1 Å². The molecule has 0 radical (unpaired) electrons. The topological polar surface area (TPSA) is 43.8 Å². The molecule has 2 rings (SSSR count). The molecule has 1 aromatic carbocycles. The highest BCUT2D eigenvalue weighted by Gasteiger charge is 2.08. The fraction of sp³-hybridized carbons (Fsp3) is 0.375. The first-order valence-electron chi connectivity index (χ1n) is 7.27. The summed E-state index contributed by atoms with van der Waals surface area (Å²) in [5, 5.41) is 7.16. The van der Waals surface area contributed by atoms with E-state index in [-0.39, 0.29) is 24.0 Å². The largest absolute Gasteiger partial charge is 0.354 e. The normalized spacial score (nSPS) is 11.0. The first-order chi connectivity index (χ1) is 11.0. The van der Waals surface area contributed by atoms with Crippen molar-refractivity contribution < 1.29 is 0 Å². The summed E-state index contributed by atoms with van der Waals surface area (Å²) in [7, 11) is 7.78. The van der Waals surface area contributed by atoms with Gasteiger partial charge >= 0.3 is 0 Å². The van der Waals surface area contributed by atoms with Gasteiger partial charge in [0.2, 0.25) is 0 Å². The summed E-state index contributed by atoms with van der Waals surface area (Å²) in [5.41, 5.74) is 2.20. The zero-order valence-electron chi connectivity index (χ0n) is 14.3. The first kappa shape index (κ1) is 21.0. The monoisotopic (exact) mass is 479 g/mol. The average molecular weight is 480 g/mol. The quantitative estimate of drug-likeness (QED) is 0.404. The van der Waals surface area contributed by atoms with Gasteiger partial charge in [-0.3, -0.25) is 4.99 Å². The van der Waals surface area contributed by atoms with Crippen molar-refractivity contribution in [3.8, 4) is 0 Å². The maximum Gasteiger partial charge on any atom is 0.194 e. The van der Waals surface area contributed by atoms with Crippen molar-refractivity contribution >= 4 is 58.0 Å². The number of aromatic nitrogens is 1. The fourth-order valence-electron chi connectivity index (χ4n) is 2.08. The minimum Gasteiger partial charge on any atom is -0.354 e. The van der Waals surface area contributed by atoms with E-state index in [2.05, 4.69) is 25.6 Å². The fourth-order valence-corrected chi connectivity index (χ4v) is 2.96. The van der Waals surface area contributed by atoms with Crippen molar-refractivity contribution in [3.05, 3.63) is 45.9 Å². The molecule has 0 saturated heterocycles. The Bertz CT molecular complexity index is 657. The molecular formula is C16H23ClIN5S. The van der Waals surface area contributed by atoms with Gasteiger partial charge in [-0.1, -0.05) is 23.7 Å². The molecule has 0 atom stereocenters. The van der Waals surface area contributed by atoms with Crippen LogP contribution in [0.1, 0.15) is 11.3 Å². The number of rotatable bonds is 5. The molecule has 0 bridgehead atoms. The van der Waals surface area contributed by atoms with Crippen LogP contribution in [0, 0.1) is 0 Å². The zero-order valence-corrected chi connectivity index (χ0v) is 18.2. The lowest BCUT2D eigenvalue weighted by Gasteiger charge is -2.22. The minimum atomic E-state index is 0. The number of benzene rings is 1. The van der Waals surface area contributed by atoms with E-state index in [0.29, 0.717) is 6.54 Å². The molecule has 0 unspecified atom stereocenters. The van der Waals surface area contributed by atoms with Crippen LogP contribution >= 0.6 is 46.9 Å². The highest BCUT2D eigenvalue weighted by atomic mass is 127. The van der Waals surface area contributed by atoms with Crippen LogP contribution in [0.25, 0.3) is 0 Å². The molecular weight excluding hydrogens is 457 g/mol. The Kier molecular flexibility index (Phi) is 8.79. The molecule has 2 aromatic rings. The number of halogens is 2. The Morgan fingerprint density at radius 1 is 1.25 bits per heavy atom. The molecule has 0 spiro atoms. The van der Waals surface area contributed by atoms with Crippen LogP contribution in [-0.4, -0.2) is 44.0 Å². The molecule has 1 heterocycles. The molecule has 8 heteroatoms. The van der Waals surface area contributed by atoms with Crippen LogP contribution in [0.3, 0.4) is 0 Å². The van der Waals surface area contributed by atoms with Gasteiger partial charge in [-0.2, -0.15) is 0 Å². The Labute approximate surface area is 169 Å². The third-order valence-corrected chi connectivity index (χ3v) is 4.57.